The van der Waals surface area contributed by atoms with Gasteiger partial charge in [-0.05, 0) is 48.5 Å². The summed E-state index contributed by atoms with van der Waals surface area (Å²) in [5.41, 5.74) is -1.63. The van der Waals surface area contributed by atoms with E-state index >= 15 is 0 Å². The molecule has 2 saturated heterocycles. The van der Waals surface area contributed by atoms with Gasteiger partial charge in [0.2, 0.25) is 0 Å². The van der Waals surface area contributed by atoms with Crippen molar-refractivity contribution in [2.45, 2.75) is 77.4 Å². The average molecular weight is 422 g/mol. The summed E-state index contributed by atoms with van der Waals surface area (Å²) in [6, 6.07) is 0. The quantitative estimate of drug-likeness (QED) is 0.706. The van der Waals surface area contributed by atoms with Crippen LogP contribution in [0, 0.1) is 0 Å². The van der Waals surface area contributed by atoms with Gasteiger partial charge in [-0.25, -0.2) is 9.59 Å². The van der Waals surface area contributed by atoms with Crippen molar-refractivity contribution in [2.24, 2.45) is 0 Å². The first-order valence-electron chi connectivity index (χ1n) is 9.99. The standard InChI is InChI=1S/C19H31BN4O6/c1-16(2,3)28-14(25)22-19(10-23(11-19)15(26)27)12-24-9-13(8-21-24)20-29-17(4,5)18(6,7)30-20/h8-9H,10-12H2,1-7H3,(H,22,25)(H,26,27). The number of carboxylic acid groups (broad SMARTS) is 1. The van der Waals surface area contributed by atoms with Crippen molar-refractivity contribution in [3.8, 4) is 0 Å². The number of aromatic nitrogens is 2. The van der Waals surface area contributed by atoms with E-state index in [0.29, 0.717) is 0 Å². The van der Waals surface area contributed by atoms with Crippen LogP contribution in [0.2, 0.25) is 0 Å². The van der Waals surface area contributed by atoms with Crippen molar-refractivity contribution in [3.63, 3.8) is 0 Å². The Bertz CT molecular complexity index is 809. The number of amides is 2. The van der Waals surface area contributed by atoms with Gasteiger partial charge >= 0.3 is 19.3 Å². The minimum absolute atomic E-state index is 0.146. The summed E-state index contributed by atoms with van der Waals surface area (Å²) in [5, 5.41) is 16.4. The Labute approximate surface area is 177 Å². The van der Waals surface area contributed by atoms with Crippen LogP contribution in [-0.2, 0) is 20.6 Å². The Hall–Kier alpha value is -2.27. The molecule has 0 aliphatic carbocycles. The molecule has 2 aliphatic heterocycles. The predicted molar refractivity (Wildman–Crippen MR) is 110 cm³/mol. The second-order valence-corrected chi connectivity index (χ2v) is 10.1. The Morgan fingerprint density at radius 1 is 1.23 bits per heavy atom. The Morgan fingerprint density at radius 2 is 1.80 bits per heavy atom. The van der Waals surface area contributed by atoms with Gasteiger partial charge in [-0.3, -0.25) is 4.68 Å². The maximum atomic E-state index is 12.3. The topological polar surface area (TPSA) is 115 Å². The third-order valence-corrected chi connectivity index (χ3v) is 5.67. The molecule has 0 bridgehead atoms. The average Bonchev–Trinajstić information content (AvgIpc) is 3.04. The molecule has 1 aromatic rings. The molecule has 0 radical (unpaired) electrons. The normalized spacial score (nSPS) is 21.8. The molecular weight excluding hydrogens is 391 g/mol. The van der Waals surface area contributed by atoms with E-state index in [2.05, 4.69) is 10.4 Å². The van der Waals surface area contributed by atoms with E-state index < -0.39 is 41.6 Å². The van der Waals surface area contributed by atoms with Gasteiger partial charge in [-0.2, -0.15) is 5.10 Å². The summed E-state index contributed by atoms with van der Waals surface area (Å²) < 4.78 is 19.1. The Kier molecular flexibility index (Phi) is 5.35. The summed E-state index contributed by atoms with van der Waals surface area (Å²) in [7, 11) is -0.546. The first-order chi connectivity index (χ1) is 13.6. The molecule has 2 fully saturated rings. The third kappa shape index (κ3) is 4.56. The number of hydrogen-bond donors (Lipinski definition) is 2. The van der Waals surface area contributed by atoms with Crippen LogP contribution in [0.15, 0.2) is 12.4 Å². The molecule has 2 N–H and O–H groups in total. The molecule has 0 spiro atoms. The summed E-state index contributed by atoms with van der Waals surface area (Å²) >= 11 is 0. The molecule has 3 heterocycles. The van der Waals surface area contributed by atoms with Gasteiger partial charge in [0.15, 0.2) is 0 Å². The number of carbonyl (C=O) groups is 2. The lowest BCUT2D eigenvalue weighted by Crippen LogP contribution is -2.73. The lowest BCUT2D eigenvalue weighted by Gasteiger charge is -2.48. The summed E-state index contributed by atoms with van der Waals surface area (Å²) in [5.74, 6) is 0. The van der Waals surface area contributed by atoms with Crippen LogP contribution in [0.5, 0.6) is 0 Å². The van der Waals surface area contributed by atoms with Crippen LogP contribution in [0.1, 0.15) is 48.5 Å². The SMILES string of the molecule is CC(C)(C)OC(=O)NC1(Cn2cc(B3OC(C)(C)C(C)(C)O3)cn2)CN(C(=O)O)C1. The molecule has 0 aromatic carbocycles. The zero-order chi connectivity index (χ0) is 22.5. The molecule has 1 aromatic heterocycles. The molecule has 2 aliphatic rings. The fourth-order valence-corrected chi connectivity index (χ4v) is 3.44. The molecule has 2 amide bonds. The maximum absolute atomic E-state index is 12.3. The van der Waals surface area contributed by atoms with Crippen LogP contribution in [0.25, 0.3) is 0 Å². The van der Waals surface area contributed by atoms with Crippen molar-refractivity contribution in [3.05, 3.63) is 12.4 Å². The number of rotatable bonds is 4. The largest absolute Gasteiger partial charge is 0.498 e. The molecular formula is C19H31BN4O6. The second kappa shape index (κ2) is 7.16. The first kappa shape index (κ1) is 22.4. The smallest absolute Gasteiger partial charge is 0.465 e. The highest BCUT2D eigenvalue weighted by Crippen LogP contribution is 2.36. The van der Waals surface area contributed by atoms with Gasteiger partial charge in [-0.1, -0.05) is 0 Å². The van der Waals surface area contributed by atoms with E-state index in [-0.39, 0.29) is 19.6 Å². The number of carbonyl (C=O) groups excluding carboxylic acids is 1. The molecule has 11 heteroatoms. The fraction of sp³-hybridized carbons (Fsp3) is 0.737. The van der Waals surface area contributed by atoms with Gasteiger partial charge in [0, 0.05) is 17.9 Å². The lowest BCUT2D eigenvalue weighted by molar-refractivity contribution is 0.00578. The molecule has 0 atom stereocenters. The van der Waals surface area contributed by atoms with E-state index in [1.54, 1.807) is 37.8 Å². The summed E-state index contributed by atoms with van der Waals surface area (Å²) in [4.78, 5) is 24.8. The zero-order valence-electron chi connectivity index (χ0n) is 18.7. The van der Waals surface area contributed by atoms with Crippen molar-refractivity contribution >= 4 is 24.8 Å². The Balaban J connectivity index is 1.72. The number of hydrogen-bond acceptors (Lipinski definition) is 6. The summed E-state index contributed by atoms with van der Waals surface area (Å²) in [6.45, 7) is 13.8. The number of alkyl carbamates (subject to hydrolysis) is 1. The second-order valence-electron chi connectivity index (χ2n) is 10.1. The molecule has 3 rings (SSSR count). The van der Waals surface area contributed by atoms with Crippen molar-refractivity contribution < 1.29 is 28.7 Å². The van der Waals surface area contributed by atoms with Crippen LogP contribution >= 0.6 is 0 Å². The third-order valence-electron chi connectivity index (χ3n) is 5.67. The van der Waals surface area contributed by atoms with Crippen molar-refractivity contribution in [1.82, 2.24) is 20.0 Å². The van der Waals surface area contributed by atoms with E-state index in [9.17, 15) is 14.7 Å². The van der Waals surface area contributed by atoms with Crippen LogP contribution in [0.3, 0.4) is 0 Å². The number of nitrogens with zero attached hydrogens (tertiary/aromatic N) is 3. The van der Waals surface area contributed by atoms with E-state index in [1.807, 2.05) is 27.7 Å². The van der Waals surface area contributed by atoms with Crippen LogP contribution in [-0.4, -0.2) is 74.5 Å². The number of ether oxygens (including phenoxy) is 1. The minimum atomic E-state index is -1.03. The van der Waals surface area contributed by atoms with Gasteiger partial charge < -0.3 is 29.4 Å². The molecule has 0 unspecified atom stereocenters. The van der Waals surface area contributed by atoms with E-state index in [0.717, 1.165) is 5.46 Å². The fourth-order valence-electron chi connectivity index (χ4n) is 3.44. The molecule has 30 heavy (non-hydrogen) atoms. The highest BCUT2D eigenvalue weighted by molar-refractivity contribution is 6.62. The molecule has 0 saturated carbocycles. The van der Waals surface area contributed by atoms with Gasteiger partial charge in [0.25, 0.3) is 0 Å². The maximum Gasteiger partial charge on any atom is 0.498 e. The van der Waals surface area contributed by atoms with Gasteiger partial charge in [-0.15, -0.1) is 0 Å². The van der Waals surface area contributed by atoms with Crippen molar-refractivity contribution in [1.29, 1.82) is 0 Å². The summed E-state index contributed by atoms with van der Waals surface area (Å²) in [6.07, 6.45) is 1.84. The number of nitrogens with one attached hydrogen (secondary N) is 1. The monoisotopic (exact) mass is 422 g/mol. The van der Waals surface area contributed by atoms with Crippen molar-refractivity contribution in [2.75, 3.05) is 13.1 Å². The lowest BCUT2D eigenvalue weighted by atomic mass is 9.82. The zero-order valence-corrected chi connectivity index (χ0v) is 18.7. The van der Waals surface area contributed by atoms with Gasteiger partial charge in [0.1, 0.15) is 5.60 Å². The predicted octanol–water partition coefficient (Wildman–Crippen LogP) is 1.44. The van der Waals surface area contributed by atoms with E-state index in [4.69, 9.17) is 14.0 Å². The molecule has 10 nitrogen and oxygen atoms in total. The number of likely N-dealkylation sites (tertiary alicyclic amines) is 1. The minimum Gasteiger partial charge on any atom is -0.465 e. The van der Waals surface area contributed by atoms with E-state index in [1.165, 1.54) is 4.90 Å². The van der Waals surface area contributed by atoms with Crippen LogP contribution < -0.4 is 10.8 Å². The van der Waals surface area contributed by atoms with Gasteiger partial charge in [0.05, 0.1) is 36.4 Å². The van der Waals surface area contributed by atoms with Crippen LogP contribution in [0.4, 0.5) is 9.59 Å². The first-order valence-corrected chi connectivity index (χ1v) is 9.99. The molecule has 166 valence electrons. The highest BCUT2D eigenvalue weighted by Gasteiger charge is 2.52. The Morgan fingerprint density at radius 3 is 2.30 bits per heavy atom. The highest BCUT2D eigenvalue weighted by atomic mass is 16.7.